The maximum absolute atomic E-state index is 11.4. The molecule has 3 nitrogen and oxygen atoms in total. The minimum Gasteiger partial charge on any atom is -0.465 e. The Morgan fingerprint density at radius 2 is 2.21 bits per heavy atom. The van der Waals surface area contributed by atoms with Crippen LogP contribution in [0, 0.1) is 18.3 Å². The van der Waals surface area contributed by atoms with E-state index in [0.717, 1.165) is 25.8 Å². The molecule has 3 heteroatoms. The fraction of sp³-hybridized carbons (Fsp3) is 0.438. The van der Waals surface area contributed by atoms with Crippen LogP contribution in [0.5, 0.6) is 0 Å². The summed E-state index contributed by atoms with van der Waals surface area (Å²) >= 11 is 0. The molecule has 0 amide bonds. The average Bonchev–Trinajstić information content (AvgIpc) is 2.47. The van der Waals surface area contributed by atoms with Crippen molar-refractivity contribution in [3.05, 3.63) is 35.4 Å². The predicted molar refractivity (Wildman–Crippen MR) is 74.7 cm³/mol. The van der Waals surface area contributed by atoms with Crippen molar-refractivity contribution in [3.63, 3.8) is 0 Å². The van der Waals surface area contributed by atoms with Crippen molar-refractivity contribution in [2.75, 3.05) is 13.7 Å². The number of hydrogen-bond donors (Lipinski definition) is 1. The molecule has 1 N–H and O–H groups in total. The van der Waals surface area contributed by atoms with Gasteiger partial charge in [-0.25, -0.2) is 4.79 Å². The lowest BCUT2D eigenvalue weighted by molar-refractivity contribution is 0.0600. The Morgan fingerprint density at radius 1 is 1.47 bits per heavy atom. The summed E-state index contributed by atoms with van der Waals surface area (Å²) < 4.78 is 4.69. The minimum absolute atomic E-state index is 0.298. The van der Waals surface area contributed by atoms with Gasteiger partial charge in [-0.2, -0.15) is 0 Å². The highest BCUT2D eigenvalue weighted by molar-refractivity contribution is 5.89. The van der Waals surface area contributed by atoms with Crippen LogP contribution in [0.25, 0.3) is 0 Å². The zero-order valence-electron chi connectivity index (χ0n) is 11.2. The van der Waals surface area contributed by atoms with E-state index in [4.69, 9.17) is 11.2 Å². The van der Waals surface area contributed by atoms with E-state index in [-0.39, 0.29) is 5.97 Å². The molecular weight excluding hydrogens is 238 g/mol. The van der Waals surface area contributed by atoms with Gasteiger partial charge in [0.2, 0.25) is 0 Å². The Balaban J connectivity index is 2.05. The largest absolute Gasteiger partial charge is 0.465 e. The van der Waals surface area contributed by atoms with Crippen molar-refractivity contribution in [2.24, 2.45) is 5.92 Å². The normalized spacial score (nSPS) is 22.5. The van der Waals surface area contributed by atoms with Gasteiger partial charge in [0.05, 0.1) is 12.7 Å². The van der Waals surface area contributed by atoms with Crippen molar-refractivity contribution < 1.29 is 9.53 Å². The van der Waals surface area contributed by atoms with E-state index in [2.05, 4.69) is 11.2 Å². The summed E-state index contributed by atoms with van der Waals surface area (Å²) in [4.78, 5) is 11.4. The lowest BCUT2D eigenvalue weighted by Gasteiger charge is -2.29. The molecule has 0 bridgehead atoms. The molecule has 1 unspecified atom stereocenters. The molecule has 2 atom stereocenters. The minimum atomic E-state index is -0.298. The molecule has 0 radical (unpaired) electrons. The third-order valence-electron chi connectivity index (χ3n) is 3.65. The Kier molecular flexibility index (Phi) is 4.59. The van der Waals surface area contributed by atoms with Crippen LogP contribution in [-0.4, -0.2) is 19.6 Å². The smallest absolute Gasteiger partial charge is 0.337 e. The number of carbonyl (C=O) groups is 1. The van der Waals surface area contributed by atoms with Gasteiger partial charge in [-0.15, -0.1) is 12.3 Å². The molecule has 2 rings (SSSR count). The van der Waals surface area contributed by atoms with E-state index >= 15 is 0 Å². The maximum atomic E-state index is 11.4. The van der Waals surface area contributed by atoms with Crippen LogP contribution in [0.1, 0.15) is 41.2 Å². The molecule has 1 fully saturated rings. The fourth-order valence-electron chi connectivity index (χ4n) is 2.57. The number of terminal acetylenes is 1. The molecule has 0 aliphatic carbocycles. The number of methoxy groups -OCH3 is 1. The molecule has 19 heavy (non-hydrogen) atoms. The number of hydrogen-bond acceptors (Lipinski definition) is 3. The number of carbonyl (C=O) groups excluding carboxylic acids is 1. The Bertz CT molecular complexity index is 473. The highest BCUT2D eigenvalue weighted by Gasteiger charge is 2.22. The van der Waals surface area contributed by atoms with Crippen molar-refractivity contribution in [1.29, 1.82) is 0 Å². The highest BCUT2D eigenvalue weighted by atomic mass is 16.5. The summed E-state index contributed by atoms with van der Waals surface area (Å²) in [6.07, 6.45) is 8.43. The molecule has 1 heterocycles. The lowest BCUT2D eigenvalue weighted by Crippen LogP contribution is -2.31. The van der Waals surface area contributed by atoms with Gasteiger partial charge in [0, 0.05) is 12.5 Å². The van der Waals surface area contributed by atoms with Crippen molar-refractivity contribution >= 4 is 5.97 Å². The molecular formula is C16H19NO2. The zero-order valence-corrected chi connectivity index (χ0v) is 11.2. The number of benzene rings is 1. The van der Waals surface area contributed by atoms with Crippen LogP contribution in [0.15, 0.2) is 24.3 Å². The summed E-state index contributed by atoms with van der Waals surface area (Å²) in [7, 11) is 1.39. The molecule has 1 saturated heterocycles. The number of esters is 1. The number of piperidine rings is 1. The number of ether oxygens (including phenoxy) is 1. The van der Waals surface area contributed by atoms with Gasteiger partial charge >= 0.3 is 5.97 Å². The van der Waals surface area contributed by atoms with Crippen molar-refractivity contribution in [3.8, 4) is 12.3 Å². The van der Waals surface area contributed by atoms with E-state index in [1.807, 2.05) is 24.3 Å². The van der Waals surface area contributed by atoms with Crippen LogP contribution < -0.4 is 5.32 Å². The molecule has 100 valence electrons. The van der Waals surface area contributed by atoms with Crippen LogP contribution in [0.3, 0.4) is 0 Å². The summed E-state index contributed by atoms with van der Waals surface area (Å²) in [6, 6.07) is 7.94. The highest BCUT2D eigenvalue weighted by Crippen LogP contribution is 2.29. The second kappa shape index (κ2) is 6.40. The molecule has 1 aliphatic rings. The molecule has 0 saturated carbocycles. The second-order valence-electron chi connectivity index (χ2n) is 4.92. The molecule has 1 aliphatic heterocycles. The van der Waals surface area contributed by atoms with Gasteiger partial charge < -0.3 is 10.1 Å². The predicted octanol–water partition coefficient (Wildman–Crippen LogP) is 2.54. The van der Waals surface area contributed by atoms with Crippen molar-refractivity contribution in [1.82, 2.24) is 5.32 Å². The summed E-state index contributed by atoms with van der Waals surface area (Å²) in [5, 5.41) is 3.50. The van der Waals surface area contributed by atoms with Gasteiger partial charge in [-0.1, -0.05) is 12.1 Å². The third-order valence-corrected chi connectivity index (χ3v) is 3.65. The summed E-state index contributed by atoms with van der Waals surface area (Å²) in [5.41, 5.74) is 1.79. The van der Waals surface area contributed by atoms with E-state index in [9.17, 15) is 4.79 Å². The molecule has 1 aromatic rings. The Morgan fingerprint density at radius 3 is 2.84 bits per heavy atom. The van der Waals surface area contributed by atoms with Gasteiger partial charge in [-0.05, 0) is 43.0 Å². The first-order chi connectivity index (χ1) is 9.24. The van der Waals surface area contributed by atoms with Gasteiger partial charge in [0.1, 0.15) is 0 Å². The van der Waals surface area contributed by atoms with Crippen LogP contribution in [0.2, 0.25) is 0 Å². The van der Waals surface area contributed by atoms with Gasteiger partial charge in [0.15, 0.2) is 0 Å². The van der Waals surface area contributed by atoms with E-state index in [1.165, 1.54) is 12.7 Å². The first kappa shape index (κ1) is 13.6. The Hall–Kier alpha value is -1.79. The quantitative estimate of drug-likeness (QED) is 0.668. The lowest BCUT2D eigenvalue weighted by atomic mass is 9.87. The SMILES string of the molecule is C#CCC1CCN[C@H](c2ccc(C(=O)OC)cc2)C1. The average molecular weight is 257 g/mol. The first-order valence-corrected chi connectivity index (χ1v) is 6.59. The molecule has 1 aromatic carbocycles. The maximum Gasteiger partial charge on any atom is 0.337 e. The fourth-order valence-corrected chi connectivity index (χ4v) is 2.57. The van der Waals surface area contributed by atoms with Crippen LogP contribution in [-0.2, 0) is 4.74 Å². The van der Waals surface area contributed by atoms with Crippen LogP contribution >= 0.6 is 0 Å². The number of nitrogens with one attached hydrogen (secondary N) is 1. The first-order valence-electron chi connectivity index (χ1n) is 6.59. The van der Waals surface area contributed by atoms with Gasteiger partial charge in [-0.3, -0.25) is 0 Å². The molecule has 0 aromatic heterocycles. The zero-order chi connectivity index (χ0) is 13.7. The molecule has 0 spiro atoms. The summed E-state index contributed by atoms with van der Waals surface area (Å²) in [6.45, 7) is 0.996. The number of rotatable bonds is 3. The van der Waals surface area contributed by atoms with E-state index in [0.29, 0.717) is 17.5 Å². The standard InChI is InChI=1S/C16H19NO2/c1-3-4-12-9-10-17-15(11-12)13-5-7-14(8-6-13)16(18)19-2/h1,5-8,12,15,17H,4,9-11H2,2H3/t12?,15-/m0/s1. The topological polar surface area (TPSA) is 38.3 Å². The van der Waals surface area contributed by atoms with E-state index < -0.39 is 0 Å². The Labute approximate surface area is 114 Å². The second-order valence-corrected chi connectivity index (χ2v) is 4.92. The third kappa shape index (κ3) is 3.36. The van der Waals surface area contributed by atoms with Gasteiger partial charge in [0.25, 0.3) is 0 Å². The van der Waals surface area contributed by atoms with Crippen LogP contribution in [0.4, 0.5) is 0 Å². The summed E-state index contributed by atoms with van der Waals surface area (Å²) in [5.74, 6) is 3.05. The van der Waals surface area contributed by atoms with E-state index in [1.54, 1.807) is 0 Å². The monoisotopic (exact) mass is 257 g/mol. The van der Waals surface area contributed by atoms with Crippen molar-refractivity contribution in [2.45, 2.75) is 25.3 Å².